The first-order valence-electron chi connectivity index (χ1n) is 4.79. The predicted molar refractivity (Wildman–Crippen MR) is 59.0 cm³/mol. The van der Waals surface area contributed by atoms with Crippen LogP contribution in [0.25, 0.3) is 0 Å². The molecule has 0 radical (unpaired) electrons. The van der Waals surface area contributed by atoms with E-state index in [0.29, 0.717) is 10.9 Å². The third-order valence-corrected chi connectivity index (χ3v) is 3.32. The van der Waals surface area contributed by atoms with Crippen molar-refractivity contribution in [2.24, 2.45) is 0 Å². The number of rotatable bonds is 5. The van der Waals surface area contributed by atoms with Crippen molar-refractivity contribution in [2.45, 2.75) is 37.9 Å². The summed E-state index contributed by atoms with van der Waals surface area (Å²) in [6, 6.07) is 1.73. The SMILES string of the molecule is CCC(C)SCc1nccc(CO)n1. The average molecular weight is 212 g/mol. The largest absolute Gasteiger partial charge is 0.390 e. The highest BCUT2D eigenvalue weighted by Crippen LogP contribution is 2.17. The summed E-state index contributed by atoms with van der Waals surface area (Å²) in [7, 11) is 0. The van der Waals surface area contributed by atoms with Crippen LogP contribution in [-0.4, -0.2) is 20.3 Å². The molecule has 1 N–H and O–H groups in total. The van der Waals surface area contributed by atoms with Gasteiger partial charge in [-0.3, -0.25) is 0 Å². The maximum atomic E-state index is 8.89. The Balaban J connectivity index is 2.50. The summed E-state index contributed by atoms with van der Waals surface area (Å²) in [6.45, 7) is 4.35. The molecule has 0 saturated heterocycles. The van der Waals surface area contributed by atoms with E-state index in [1.807, 2.05) is 11.8 Å². The van der Waals surface area contributed by atoms with Gasteiger partial charge in [0.05, 0.1) is 18.1 Å². The molecule has 1 heterocycles. The topological polar surface area (TPSA) is 46.0 Å². The maximum Gasteiger partial charge on any atom is 0.138 e. The van der Waals surface area contributed by atoms with E-state index in [1.54, 1.807) is 12.3 Å². The van der Waals surface area contributed by atoms with Crippen molar-refractivity contribution < 1.29 is 5.11 Å². The second-order valence-electron chi connectivity index (χ2n) is 3.15. The van der Waals surface area contributed by atoms with Gasteiger partial charge in [0.15, 0.2) is 0 Å². The molecular weight excluding hydrogens is 196 g/mol. The monoisotopic (exact) mass is 212 g/mol. The zero-order valence-corrected chi connectivity index (χ0v) is 9.42. The van der Waals surface area contributed by atoms with Gasteiger partial charge in [0.1, 0.15) is 5.82 Å². The minimum Gasteiger partial charge on any atom is -0.390 e. The van der Waals surface area contributed by atoms with E-state index < -0.39 is 0 Å². The van der Waals surface area contributed by atoms with E-state index in [4.69, 9.17) is 5.11 Å². The number of nitrogens with zero attached hydrogens (tertiary/aromatic N) is 2. The van der Waals surface area contributed by atoms with Crippen LogP contribution in [0.1, 0.15) is 31.8 Å². The van der Waals surface area contributed by atoms with Gasteiger partial charge in [-0.1, -0.05) is 13.8 Å². The van der Waals surface area contributed by atoms with Crippen molar-refractivity contribution in [3.63, 3.8) is 0 Å². The van der Waals surface area contributed by atoms with Gasteiger partial charge in [-0.25, -0.2) is 9.97 Å². The second kappa shape index (κ2) is 5.98. The summed E-state index contributed by atoms with van der Waals surface area (Å²) < 4.78 is 0. The van der Waals surface area contributed by atoms with E-state index in [1.165, 1.54) is 0 Å². The van der Waals surface area contributed by atoms with Gasteiger partial charge in [0, 0.05) is 11.4 Å². The molecule has 0 aliphatic heterocycles. The predicted octanol–water partition coefficient (Wildman–Crippen LogP) is 2.00. The second-order valence-corrected chi connectivity index (χ2v) is 4.58. The third kappa shape index (κ3) is 3.64. The number of aliphatic hydroxyl groups is 1. The van der Waals surface area contributed by atoms with Gasteiger partial charge >= 0.3 is 0 Å². The zero-order chi connectivity index (χ0) is 10.4. The molecule has 3 nitrogen and oxygen atoms in total. The zero-order valence-electron chi connectivity index (χ0n) is 8.60. The van der Waals surface area contributed by atoms with Crippen molar-refractivity contribution in [3.05, 3.63) is 23.8 Å². The summed E-state index contributed by atoms with van der Waals surface area (Å²) in [5.74, 6) is 1.63. The Kier molecular flexibility index (Phi) is 4.90. The molecule has 1 unspecified atom stereocenters. The van der Waals surface area contributed by atoms with Crippen LogP contribution in [0.3, 0.4) is 0 Å². The lowest BCUT2D eigenvalue weighted by Gasteiger charge is -2.07. The number of aliphatic hydroxyl groups excluding tert-OH is 1. The molecule has 4 heteroatoms. The van der Waals surface area contributed by atoms with Gasteiger partial charge in [-0.05, 0) is 12.5 Å². The van der Waals surface area contributed by atoms with E-state index >= 15 is 0 Å². The minimum atomic E-state index is -0.0104. The fourth-order valence-corrected chi connectivity index (χ4v) is 1.74. The van der Waals surface area contributed by atoms with Crippen molar-refractivity contribution in [2.75, 3.05) is 0 Å². The Morgan fingerprint density at radius 1 is 1.57 bits per heavy atom. The molecule has 0 aliphatic carbocycles. The molecular formula is C10H16N2OS. The molecule has 1 aromatic rings. The first-order valence-corrected chi connectivity index (χ1v) is 5.84. The Labute approximate surface area is 89.0 Å². The average Bonchev–Trinajstić information content (AvgIpc) is 2.26. The lowest BCUT2D eigenvalue weighted by Crippen LogP contribution is -2.00. The number of hydrogen-bond donors (Lipinski definition) is 1. The van der Waals surface area contributed by atoms with Crippen LogP contribution >= 0.6 is 11.8 Å². The molecule has 1 atom stereocenters. The van der Waals surface area contributed by atoms with Crippen molar-refractivity contribution in [3.8, 4) is 0 Å². The van der Waals surface area contributed by atoms with Crippen LogP contribution in [0, 0.1) is 0 Å². The lowest BCUT2D eigenvalue weighted by molar-refractivity contribution is 0.276. The smallest absolute Gasteiger partial charge is 0.138 e. The summed E-state index contributed by atoms with van der Waals surface area (Å²) >= 11 is 1.84. The minimum absolute atomic E-state index is 0.0104. The van der Waals surface area contributed by atoms with Crippen LogP contribution in [0.15, 0.2) is 12.3 Å². The van der Waals surface area contributed by atoms with Crippen molar-refractivity contribution in [1.29, 1.82) is 0 Å². The summed E-state index contributed by atoms with van der Waals surface area (Å²) in [5, 5.41) is 9.52. The van der Waals surface area contributed by atoms with E-state index in [2.05, 4.69) is 23.8 Å². The molecule has 0 aromatic carbocycles. The Morgan fingerprint density at radius 3 is 3.00 bits per heavy atom. The van der Waals surface area contributed by atoms with Gasteiger partial charge in [0.25, 0.3) is 0 Å². The van der Waals surface area contributed by atoms with E-state index in [-0.39, 0.29) is 6.61 Å². The highest BCUT2D eigenvalue weighted by atomic mass is 32.2. The Hall–Kier alpha value is -0.610. The van der Waals surface area contributed by atoms with Gasteiger partial charge in [-0.2, -0.15) is 11.8 Å². The van der Waals surface area contributed by atoms with Crippen LogP contribution in [0.4, 0.5) is 0 Å². The van der Waals surface area contributed by atoms with Gasteiger partial charge in [0.2, 0.25) is 0 Å². The van der Waals surface area contributed by atoms with Crippen LogP contribution < -0.4 is 0 Å². The molecule has 0 saturated carbocycles. The standard InChI is InChI=1S/C10H16N2OS/c1-3-8(2)14-7-10-11-5-4-9(6-13)12-10/h4-5,8,13H,3,6-7H2,1-2H3. The Bertz CT molecular complexity index is 281. The maximum absolute atomic E-state index is 8.89. The number of hydrogen-bond acceptors (Lipinski definition) is 4. The van der Waals surface area contributed by atoms with Gasteiger partial charge in [-0.15, -0.1) is 0 Å². The van der Waals surface area contributed by atoms with Crippen LogP contribution in [-0.2, 0) is 12.4 Å². The fraction of sp³-hybridized carbons (Fsp3) is 0.600. The number of thioether (sulfide) groups is 1. The molecule has 1 aromatic heterocycles. The highest BCUT2D eigenvalue weighted by molar-refractivity contribution is 7.99. The fourth-order valence-electron chi connectivity index (χ4n) is 0.933. The van der Waals surface area contributed by atoms with Gasteiger partial charge < -0.3 is 5.11 Å². The van der Waals surface area contributed by atoms with E-state index in [9.17, 15) is 0 Å². The molecule has 14 heavy (non-hydrogen) atoms. The summed E-state index contributed by atoms with van der Waals surface area (Å²) in [5.41, 5.74) is 0.694. The molecule has 0 amide bonds. The molecule has 1 rings (SSSR count). The first kappa shape index (κ1) is 11.5. The van der Waals surface area contributed by atoms with Crippen LogP contribution in [0.2, 0.25) is 0 Å². The molecule has 0 fully saturated rings. The quantitative estimate of drug-likeness (QED) is 0.811. The van der Waals surface area contributed by atoms with Crippen molar-refractivity contribution >= 4 is 11.8 Å². The first-order chi connectivity index (χ1) is 6.76. The normalized spacial score (nSPS) is 12.8. The van der Waals surface area contributed by atoms with E-state index in [0.717, 1.165) is 18.0 Å². The third-order valence-electron chi connectivity index (χ3n) is 2.00. The summed E-state index contributed by atoms with van der Waals surface area (Å²) in [4.78, 5) is 8.37. The highest BCUT2D eigenvalue weighted by Gasteiger charge is 2.02. The molecule has 0 aliphatic rings. The molecule has 0 spiro atoms. The molecule has 78 valence electrons. The lowest BCUT2D eigenvalue weighted by atomic mass is 10.4. The Morgan fingerprint density at radius 2 is 2.36 bits per heavy atom. The van der Waals surface area contributed by atoms with Crippen LogP contribution in [0.5, 0.6) is 0 Å². The molecule has 0 bridgehead atoms. The summed E-state index contributed by atoms with van der Waals surface area (Å²) in [6.07, 6.45) is 2.86. The number of aromatic nitrogens is 2. The van der Waals surface area contributed by atoms with Crippen molar-refractivity contribution in [1.82, 2.24) is 9.97 Å².